The lowest BCUT2D eigenvalue weighted by atomic mass is 9.97. The summed E-state index contributed by atoms with van der Waals surface area (Å²) in [5, 5.41) is 9.24. The molecule has 2 atom stereocenters. The Morgan fingerprint density at radius 2 is 1.90 bits per heavy atom. The average molecular weight is 277 g/mol. The zero-order chi connectivity index (χ0) is 14.9. The predicted molar refractivity (Wildman–Crippen MR) is 77.9 cm³/mol. The van der Waals surface area contributed by atoms with Gasteiger partial charge in [0, 0.05) is 12.6 Å². The van der Waals surface area contributed by atoms with Crippen LogP contribution in [0.5, 0.6) is 0 Å². The topological polar surface area (TPSA) is 49.8 Å². The maximum absolute atomic E-state index is 11.2. The number of hydrogen-bond donors (Lipinski definition) is 1. The molecule has 1 saturated heterocycles. The van der Waals surface area contributed by atoms with Crippen molar-refractivity contribution >= 4 is 5.97 Å². The van der Waals surface area contributed by atoms with Gasteiger partial charge in [-0.2, -0.15) is 0 Å². The Hall–Kier alpha value is -1.39. The zero-order valence-corrected chi connectivity index (χ0v) is 12.6. The molecule has 0 aromatic heterocycles. The molecule has 4 nitrogen and oxygen atoms in total. The van der Waals surface area contributed by atoms with Gasteiger partial charge in [-0.25, -0.2) is 0 Å². The maximum Gasteiger partial charge on any atom is 0.310 e. The number of aliphatic carboxylic acids is 1. The minimum atomic E-state index is -0.767. The maximum atomic E-state index is 11.2. The monoisotopic (exact) mass is 277 g/mol. The SMILES string of the molecule is Cc1cc(C)c(CN(C)C2COCC2C(=O)O)c(C)c1. The van der Waals surface area contributed by atoms with E-state index in [1.54, 1.807) is 0 Å². The first-order chi connectivity index (χ1) is 9.40. The smallest absolute Gasteiger partial charge is 0.310 e. The van der Waals surface area contributed by atoms with E-state index in [0.717, 1.165) is 6.54 Å². The molecular weight excluding hydrogens is 254 g/mol. The van der Waals surface area contributed by atoms with Crippen LogP contribution >= 0.6 is 0 Å². The number of carboxylic acids is 1. The van der Waals surface area contributed by atoms with E-state index in [1.165, 1.54) is 22.3 Å². The Kier molecular flexibility index (Phi) is 4.45. The van der Waals surface area contributed by atoms with E-state index in [0.29, 0.717) is 13.2 Å². The molecule has 0 saturated carbocycles. The molecule has 1 heterocycles. The van der Waals surface area contributed by atoms with Crippen LogP contribution in [0.1, 0.15) is 22.3 Å². The van der Waals surface area contributed by atoms with Crippen molar-refractivity contribution in [1.82, 2.24) is 4.90 Å². The minimum Gasteiger partial charge on any atom is -0.481 e. The van der Waals surface area contributed by atoms with Crippen molar-refractivity contribution in [2.24, 2.45) is 5.92 Å². The fourth-order valence-corrected chi connectivity index (χ4v) is 3.04. The largest absolute Gasteiger partial charge is 0.481 e. The molecule has 0 radical (unpaired) electrons. The van der Waals surface area contributed by atoms with E-state index in [-0.39, 0.29) is 6.04 Å². The van der Waals surface area contributed by atoms with Crippen LogP contribution in [0.2, 0.25) is 0 Å². The van der Waals surface area contributed by atoms with Gasteiger partial charge in [-0.15, -0.1) is 0 Å². The third kappa shape index (κ3) is 3.02. The van der Waals surface area contributed by atoms with Gasteiger partial charge in [0.1, 0.15) is 0 Å². The number of rotatable bonds is 4. The summed E-state index contributed by atoms with van der Waals surface area (Å²) in [7, 11) is 1.98. The van der Waals surface area contributed by atoms with E-state index < -0.39 is 11.9 Å². The Bertz CT molecular complexity index is 489. The number of aryl methyl sites for hydroxylation is 3. The fraction of sp³-hybridized carbons (Fsp3) is 0.562. The van der Waals surface area contributed by atoms with Crippen LogP contribution < -0.4 is 0 Å². The van der Waals surface area contributed by atoms with Gasteiger partial charge in [0.2, 0.25) is 0 Å². The zero-order valence-electron chi connectivity index (χ0n) is 12.6. The molecule has 0 bridgehead atoms. The van der Waals surface area contributed by atoms with Crippen molar-refractivity contribution in [3.8, 4) is 0 Å². The van der Waals surface area contributed by atoms with Crippen LogP contribution in [0.4, 0.5) is 0 Å². The molecular formula is C16H23NO3. The first-order valence-electron chi connectivity index (χ1n) is 6.97. The van der Waals surface area contributed by atoms with E-state index in [2.05, 4.69) is 37.8 Å². The molecule has 1 fully saturated rings. The summed E-state index contributed by atoms with van der Waals surface area (Å²) in [6.07, 6.45) is 0. The lowest BCUT2D eigenvalue weighted by molar-refractivity contribution is -0.143. The summed E-state index contributed by atoms with van der Waals surface area (Å²) in [4.78, 5) is 13.3. The van der Waals surface area contributed by atoms with Crippen LogP contribution in [-0.4, -0.2) is 42.3 Å². The van der Waals surface area contributed by atoms with Gasteiger partial charge < -0.3 is 9.84 Å². The van der Waals surface area contributed by atoms with Crippen LogP contribution in [0.25, 0.3) is 0 Å². The molecule has 1 aromatic carbocycles. The molecule has 1 aliphatic heterocycles. The molecule has 1 aromatic rings. The van der Waals surface area contributed by atoms with E-state index in [1.807, 2.05) is 7.05 Å². The molecule has 110 valence electrons. The summed E-state index contributed by atoms with van der Waals surface area (Å²) in [5.74, 6) is -1.19. The summed E-state index contributed by atoms with van der Waals surface area (Å²) >= 11 is 0. The number of nitrogens with zero attached hydrogens (tertiary/aromatic N) is 1. The van der Waals surface area contributed by atoms with Crippen molar-refractivity contribution < 1.29 is 14.6 Å². The summed E-state index contributed by atoms with van der Waals surface area (Å²) in [6.45, 7) is 7.90. The fourth-order valence-electron chi connectivity index (χ4n) is 3.04. The van der Waals surface area contributed by atoms with E-state index in [4.69, 9.17) is 4.74 Å². The van der Waals surface area contributed by atoms with Gasteiger partial charge in [-0.1, -0.05) is 17.7 Å². The molecule has 1 aliphatic rings. The Labute approximate surface area is 120 Å². The number of carbonyl (C=O) groups is 1. The molecule has 0 spiro atoms. The normalized spacial score (nSPS) is 22.4. The van der Waals surface area contributed by atoms with Crippen molar-refractivity contribution in [2.75, 3.05) is 20.3 Å². The van der Waals surface area contributed by atoms with Crippen LogP contribution in [0.15, 0.2) is 12.1 Å². The van der Waals surface area contributed by atoms with Crippen LogP contribution in [0.3, 0.4) is 0 Å². The Balaban J connectivity index is 2.16. The van der Waals surface area contributed by atoms with Crippen molar-refractivity contribution in [3.05, 3.63) is 34.4 Å². The lowest BCUT2D eigenvalue weighted by Gasteiger charge is -2.27. The number of ether oxygens (including phenoxy) is 1. The number of benzene rings is 1. The third-order valence-electron chi connectivity index (χ3n) is 4.18. The second kappa shape index (κ2) is 5.94. The van der Waals surface area contributed by atoms with Crippen molar-refractivity contribution in [2.45, 2.75) is 33.4 Å². The molecule has 0 amide bonds. The summed E-state index contributed by atoms with van der Waals surface area (Å²) < 4.78 is 5.35. The summed E-state index contributed by atoms with van der Waals surface area (Å²) in [6, 6.07) is 4.30. The standard InChI is InChI=1S/C16H23NO3/c1-10-5-11(2)13(12(3)6-10)7-17(4)15-9-20-8-14(15)16(18)19/h5-6,14-15H,7-9H2,1-4H3,(H,18,19). The quantitative estimate of drug-likeness (QED) is 0.916. The third-order valence-corrected chi connectivity index (χ3v) is 4.18. The number of carboxylic acid groups (broad SMARTS) is 1. The molecule has 4 heteroatoms. The molecule has 20 heavy (non-hydrogen) atoms. The van der Waals surface area contributed by atoms with E-state index >= 15 is 0 Å². The van der Waals surface area contributed by atoms with Crippen LogP contribution in [-0.2, 0) is 16.1 Å². The van der Waals surface area contributed by atoms with Crippen LogP contribution in [0, 0.1) is 26.7 Å². The molecule has 2 rings (SSSR count). The second-order valence-corrected chi connectivity index (χ2v) is 5.84. The van der Waals surface area contributed by atoms with Gasteiger partial charge in [-0.05, 0) is 44.5 Å². The second-order valence-electron chi connectivity index (χ2n) is 5.84. The molecule has 2 unspecified atom stereocenters. The van der Waals surface area contributed by atoms with Crippen molar-refractivity contribution in [3.63, 3.8) is 0 Å². The van der Waals surface area contributed by atoms with Gasteiger partial charge in [0.05, 0.1) is 19.1 Å². The summed E-state index contributed by atoms with van der Waals surface area (Å²) in [5.41, 5.74) is 5.08. The highest BCUT2D eigenvalue weighted by atomic mass is 16.5. The van der Waals surface area contributed by atoms with E-state index in [9.17, 15) is 9.90 Å². The minimum absolute atomic E-state index is 0.0485. The molecule has 1 N–H and O–H groups in total. The first kappa shape index (κ1) is 15.0. The van der Waals surface area contributed by atoms with Gasteiger partial charge >= 0.3 is 5.97 Å². The van der Waals surface area contributed by atoms with Gasteiger partial charge in [0.25, 0.3) is 0 Å². The number of likely N-dealkylation sites (N-methyl/N-ethyl adjacent to an activating group) is 1. The number of hydrogen-bond acceptors (Lipinski definition) is 3. The van der Waals surface area contributed by atoms with Crippen molar-refractivity contribution in [1.29, 1.82) is 0 Å². The van der Waals surface area contributed by atoms with Gasteiger partial charge in [0.15, 0.2) is 0 Å². The average Bonchev–Trinajstić information content (AvgIpc) is 2.82. The highest BCUT2D eigenvalue weighted by Gasteiger charge is 2.36. The first-order valence-corrected chi connectivity index (χ1v) is 6.97. The highest BCUT2D eigenvalue weighted by molar-refractivity contribution is 5.71. The Morgan fingerprint density at radius 1 is 1.30 bits per heavy atom. The Morgan fingerprint density at radius 3 is 2.45 bits per heavy atom. The predicted octanol–water partition coefficient (Wildman–Crippen LogP) is 2.14. The highest BCUT2D eigenvalue weighted by Crippen LogP contribution is 2.23. The lowest BCUT2D eigenvalue weighted by Crippen LogP contribution is -2.40. The molecule has 0 aliphatic carbocycles. The van der Waals surface area contributed by atoms with Gasteiger partial charge in [-0.3, -0.25) is 9.69 Å².